The third-order valence-electron chi connectivity index (χ3n) is 5.88. The van der Waals surface area contributed by atoms with Crippen LogP contribution >= 0.6 is 0 Å². The van der Waals surface area contributed by atoms with Crippen LogP contribution in [0.1, 0.15) is 54.2 Å². The number of carbonyl (C=O) groups excluding carboxylic acids is 1. The number of aryl methyl sites for hydroxylation is 2. The van der Waals surface area contributed by atoms with Crippen LogP contribution in [0.15, 0.2) is 48.5 Å². The summed E-state index contributed by atoms with van der Waals surface area (Å²) in [6, 6.07) is 17.5. The van der Waals surface area contributed by atoms with Crippen molar-refractivity contribution in [3.63, 3.8) is 0 Å². The molecule has 1 heterocycles. The number of methoxy groups -OCH3 is 1. The van der Waals surface area contributed by atoms with Gasteiger partial charge in [-0.15, -0.1) is 0 Å². The molecular weight excluding hydrogens is 348 g/mol. The SMILES string of the molecule is COC(=O)Cn1c2c(c3cc(C)ccc31)CCC[C@@H]2N[C@H](C)c1ccccc1. The second-order valence-corrected chi connectivity index (χ2v) is 7.79. The van der Waals surface area contributed by atoms with Crippen LogP contribution in [-0.4, -0.2) is 17.6 Å². The maximum absolute atomic E-state index is 12.2. The van der Waals surface area contributed by atoms with E-state index in [1.54, 1.807) is 0 Å². The van der Waals surface area contributed by atoms with Gasteiger partial charge in [-0.3, -0.25) is 4.79 Å². The number of hydrogen-bond acceptors (Lipinski definition) is 3. The van der Waals surface area contributed by atoms with Crippen molar-refractivity contribution in [1.29, 1.82) is 0 Å². The van der Waals surface area contributed by atoms with Crippen LogP contribution in [0.2, 0.25) is 0 Å². The number of fused-ring (bicyclic) bond motifs is 3. The first-order chi connectivity index (χ1) is 13.6. The van der Waals surface area contributed by atoms with Gasteiger partial charge in [-0.2, -0.15) is 0 Å². The molecule has 2 atom stereocenters. The van der Waals surface area contributed by atoms with Gasteiger partial charge in [-0.25, -0.2) is 0 Å². The lowest BCUT2D eigenvalue weighted by Gasteiger charge is -2.29. The largest absolute Gasteiger partial charge is 0.468 e. The normalized spacial score (nSPS) is 17.3. The summed E-state index contributed by atoms with van der Waals surface area (Å²) in [5, 5.41) is 5.10. The molecule has 28 heavy (non-hydrogen) atoms. The van der Waals surface area contributed by atoms with Gasteiger partial charge < -0.3 is 14.6 Å². The summed E-state index contributed by atoms with van der Waals surface area (Å²) in [7, 11) is 1.46. The number of nitrogens with zero attached hydrogens (tertiary/aromatic N) is 1. The Morgan fingerprint density at radius 1 is 1.25 bits per heavy atom. The predicted molar refractivity (Wildman–Crippen MR) is 112 cm³/mol. The molecule has 4 heteroatoms. The Hall–Kier alpha value is -2.59. The lowest BCUT2D eigenvalue weighted by atomic mass is 9.90. The van der Waals surface area contributed by atoms with Crippen LogP contribution in [0.4, 0.5) is 0 Å². The summed E-state index contributed by atoms with van der Waals surface area (Å²) in [4.78, 5) is 12.2. The molecule has 0 saturated heterocycles. The van der Waals surface area contributed by atoms with E-state index in [4.69, 9.17) is 4.74 Å². The zero-order valence-corrected chi connectivity index (χ0v) is 16.9. The van der Waals surface area contributed by atoms with Gasteiger partial charge in [-0.1, -0.05) is 42.0 Å². The highest BCUT2D eigenvalue weighted by Crippen LogP contribution is 2.39. The van der Waals surface area contributed by atoms with Crippen molar-refractivity contribution in [2.24, 2.45) is 0 Å². The van der Waals surface area contributed by atoms with Crippen molar-refractivity contribution in [2.45, 2.75) is 51.7 Å². The molecule has 0 radical (unpaired) electrons. The van der Waals surface area contributed by atoms with Crippen molar-refractivity contribution in [1.82, 2.24) is 9.88 Å². The topological polar surface area (TPSA) is 43.3 Å². The minimum atomic E-state index is -0.208. The van der Waals surface area contributed by atoms with E-state index in [1.165, 1.54) is 34.9 Å². The zero-order chi connectivity index (χ0) is 19.7. The van der Waals surface area contributed by atoms with Crippen LogP contribution in [-0.2, 0) is 22.5 Å². The van der Waals surface area contributed by atoms with Crippen LogP contribution in [0.25, 0.3) is 10.9 Å². The maximum Gasteiger partial charge on any atom is 0.325 e. The quantitative estimate of drug-likeness (QED) is 0.647. The average molecular weight is 377 g/mol. The zero-order valence-electron chi connectivity index (χ0n) is 16.9. The molecular formula is C24H28N2O2. The second kappa shape index (κ2) is 7.80. The Bertz CT molecular complexity index is 991. The average Bonchev–Trinajstić information content (AvgIpc) is 3.02. The van der Waals surface area contributed by atoms with E-state index in [0.717, 1.165) is 24.8 Å². The van der Waals surface area contributed by atoms with Gasteiger partial charge in [0.15, 0.2) is 0 Å². The molecule has 146 valence electrons. The first kappa shape index (κ1) is 18.8. The second-order valence-electron chi connectivity index (χ2n) is 7.79. The van der Waals surface area contributed by atoms with E-state index in [1.807, 2.05) is 6.07 Å². The number of rotatable bonds is 5. The molecule has 1 aliphatic carbocycles. The fourth-order valence-electron chi connectivity index (χ4n) is 4.50. The van der Waals surface area contributed by atoms with Crippen LogP contribution in [0, 0.1) is 6.92 Å². The van der Waals surface area contributed by atoms with E-state index < -0.39 is 0 Å². The van der Waals surface area contributed by atoms with Crippen molar-refractivity contribution in [3.8, 4) is 0 Å². The summed E-state index contributed by atoms with van der Waals surface area (Å²) < 4.78 is 7.16. The van der Waals surface area contributed by atoms with E-state index in [0.29, 0.717) is 0 Å². The van der Waals surface area contributed by atoms with Gasteiger partial charge in [0, 0.05) is 28.7 Å². The highest BCUT2D eigenvalue weighted by Gasteiger charge is 2.29. The maximum atomic E-state index is 12.2. The number of hydrogen-bond donors (Lipinski definition) is 1. The van der Waals surface area contributed by atoms with E-state index >= 15 is 0 Å². The molecule has 4 rings (SSSR count). The molecule has 1 N–H and O–H groups in total. The number of carbonyl (C=O) groups is 1. The van der Waals surface area contributed by atoms with Gasteiger partial charge in [0.25, 0.3) is 0 Å². The Balaban J connectivity index is 1.78. The van der Waals surface area contributed by atoms with E-state index in [2.05, 4.69) is 66.2 Å². The van der Waals surface area contributed by atoms with Crippen molar-refractivity contribution in [2.75, 3.05) is 7.11 Å². The molecule has 0 spiro atoms. The lowest BCUT2D eigenvalue weighted by molar-refractivity contribution is -0.141. The van der Waals surface area contributed by atoms with Crippen molar-refractivity contribution >= 4 is 16.9 Å². The highest BCUT2D eigenvalue weighted by molar-refractivity contribution is 5.88. The fourth-order valence-corrected chi connectivity index (χ4v) is 4.50. The molecule has 0 saturated carbocycles. The smallest absolute Gasteiger partial charge is 0.325 e. The molecule has 4 nitrogen and oxygen atoms in total. The van der Waals surface area contributed by atoms with Gasteiger partial charge in [-0.05, 0) is 56.4 Å². The van der Waals surface area contributed by atoms with E-state index in [9.17, 15) is 4.79 Å². The summed E-state index contributed by atoms with van der Waals surface area (Å²) in [6.07, 6.45) is 3.28. The minimum absolute atomic E-state index is 0.208. The third kappa shape index (κ3) is 3.45. The Labute approximate surface area is 166 Å². The summed E-state index contributed by atoms with van der Waals surface area (Å²) in [6.45, 7) is 4.59. The minimum Gasteiger partial charge on any atom is -0.468 e. The predicted octanol–water partition coefficient (Wildman–Crippen LogP) is 4.85. The molecule has 0 amide bonds. The van der Waals surface area contributed by atoms with Gasteiger partial charge in [0.2, 0.25) is 0 Å². The van der Waals surface area contributed by atoms with Gasteiger partial charge in [0.1, 0.15) is 6.54 Å². The molecule has 0 bridgehead atoms. The number of aromatic nitrogens is 1. The molecule has 2 aromatic carbocycles. The van der Waals surface area contributed by atoms with Crippen LogP contribution < -0.4 is 5.32 Å². The molecule has 3 aromatic rings. The number of benzene rings is 2. The lowest BCUT2D eigenvalue weighted by Crippen LogP contribution is -2.30. The first-order valence-corrected chi connectivity index (χ1v) is 10.1. The van der Waals surface area contributed by atoms with Crippen molar-refractivity contribution < 1.29 is 9.53 Å². The fraction of sp³-hybridized carbons (Fsp3) is 0.375. The number of nitrogens with one attached hydrogen (secondary N) is 1. The Morgan fingerprint density at radius 3 is 2.79 bits per heavy atom. The van der Waals surface area contributed by atoms with Gasteiger partial charge in [0.05, 0.1) is 7.11 Å². The number of esters is 1. The van der Waals surface area contributed by atoms with E-state index in [-0.39, 0.29) is 24.6 Å². The summed E-state index contributed by atoms with van der Waals surface area (Å²) >= 11 is 0. The van der Waals surface area contributed by atoms with Crippen molar-refractivity contribution in [3.05, 3.63) is 70.9 Å². The molecule has 0 unspecified atom stereocenters. The Kier molecular flexibility index (Phi) is 5.23. The number of ether oxygens (including phenoxy) is 1. The monoisotopic (exact) mass is 376 g/mol. The molecule has 0 aliphatic heterocycles. The molecule has 1 aromatic heterocycles. The summed E-state index contributed by atoms with van der Waals surface area (Å²) in [5.41, 5.74) is 6.29. The molecule has 1 aliphatic rings. The Morgan fingerprint density at radius 2 is 2.04 bits per heavy atom. The summed E-state index contributed by atoms with van der Waals surface area (Å²) in [5.74, 6) is -0.208. The van der Waals surface area contributed by atoms with Crippen LogP contribution in [0.5, 0.6) is 0 Å². The standard InChI is InChI=1S/C24H28N2O2/c1-16-12-13-22-20(14-16)19-10-7-11-21(24(19)26(22)15-23(27)28-3)25-17(2)18-8-5-4-6-9-18/h4-6,8-9,12-14,17,21,25H,7,10-11,15H2,1-3H3/t17-,21+/m1/s1. The molecule has 0 fully saturated rings. The van der Waals surface area contributed by atoms with Crippen LogP contribution in [0.3, 0.4) is 0 Å². The first-order valence-electron chi connectivity index (χ1n) is 10.1. The highest BCUT2D eigenvalue weighted by atomic mass is 16.5. The third-order valence-corrected chi connectivity index (χ3v) is 5.88. The van der Waals surface area contributed by atoms with Gasteiger partial charge >= 0.3 is 5.97 Å².